The first-order chi connectivity index (χ1) is 12.2. The lowest BCUT2D eigenvalue weighted by Gasteiger charge is -2.11. The Labute approximate surface area is 153 Å². The molecule has 8 nitrogen and oxygen atoms in total. The molecule has 9 heteroatoms. The Morgan fingerprint density at radius 1 is 1.38 bits per heavy atom. The van der Waals surface area contributed by atoms with Crippen LogP contribution in [0.4, 0.5) is 0 Å². The van der Waals surface area contributed by atoms with Crippen molar-refractivity contribution in [3.05, 3.63) is 47.3 Å². The average molecular weight is 380 g/mol. The summed E-state index contributed by atoms with van der Waals surface area (Å²) in [5.74, 6) is -0.376. The number of rotatable bonds is 8. The van der Waals surface area contributed by atoms with Gasteiger partial charge < -0.3 is 10.4 Å². The molecule has 0 saturated heterocycles. The van der Waals surface area contributed by atoms with Crippen molar-refractivity contribution in [2.75, 3.05) is 6.54 Å². The topological polar surface area (TPSA) is 113 Å². The molecule has 0 unspecified atom stereocenters. The molecular weight excluding hydrogens is 356 g/mol. The van der Waals surface area contributed by atoms with E-state index < -0.39 is 16.1 Å². The minimum atomic E-state index is -3.80. The van der Waals surface area contributed by atoms with Crippen molar-refractivity contribution in [3.63, 3.8) is 0 Å². The number of sulfonamides is 1. The summed E-state index contributed by atoms with van der Waals surface area (Å²) in [6, 6.07) is 5.77. The lowest BCUT2D eigenvalue weighted by molar-refractivity contribution is 0.0950. The number of carbonyl (C=O) groups excluding carboxylic acids is 1. The van der Waals surface area contributed by atoms with Crippen LogP contribution >= 0.6 is 0 Å². The lowest BCUT2D eigenvalue weighted by Crippen LogP contribution is -2.32. The van der Waals surface area contributed by atoms with Crippen LogP contribution < -0.4 is 10.0 Å². The predicted molar refractivity (Wildman–Crippen MR) is 97.0 cm³/mol. The largest absolute Gasteiger partial charge is 0.392 e. The van der Waals surface area contributed by atoms with Gasteiger partial charge in [-0.15, -0.1) is 0 Å². The second kappa shape index (κ2) is 8.43. The lowest BCUT2D eigenvalue weighted by atomic mass is 10.2. The minimum Gasteiger partial charge on any atom is -0.392 e. The molecule has 3 N–H and O–H groups in total. The molecule has 0 fully saturated rings. The molecule has 2 rings (SSSR count). The van der Waals surface area contributed by atoms with Gasteiger partial charge in [0, 0.05) is 37.0 Å². The van der Waals surface area contributed by atoms with Gasteiger partial charge >= 0.3 is 0 Å². The van der Waals surface area contributed by atoms with Crippen molar-refractivity contribution < 1.29 is 18.3 Å². The predicted octanol–water partition coefficient (Wildman–Crippen LogP) is 0.708. The smallest absolute Gasteiger partial charge is 0.251 e. The van der Waals surface area contributed by atoms with Crippen LogP contribution in [0.5, 0.6) is 0 Å². The molecule has 0 aliphatic rings. The number of hydrogen-bond donors (Lipinski definition) is 3. The Hall–Kier alpha value is -2.23. The van der Waals surface area contributed by atoms with E-state index in [0.29, 0.717) is 13.0 Å². The summed E-state index contributed by atoms with van der Waals surface area (Å²) in [4.78, 5) is 12.3. The SMILES string of the molecule is CC[C@H](O)CNS(=O)(=O)c1cccc(C(=O)NCc2cnn(C)c2C)c1. The first kappa shape index (κ1) is 20.1. The van der Waals surface area contributed by atoms with Crippen molar-refractivity contribution in [2.45, 2.75) is 37.8 Å². The Kier molecular flexibility index (Phi) is 6.52. The fraction of sp³-hybridized carbons (Fsp3) is 0.412. The fourth-order valence-electron chi connectivity index (χ4n) is 2.23. The average Bonchev–Trinajstić information content (AvgIpc) is 2.96. The summed E-state index contributed by atoms with van der Waals surface area (Å²) >= 11 is 0. The number of nitrogens with one attached hydrogen (secondary N) is 2. The van der Waals surface area contributed by atoms with Crippen LogP contribution in [-0.2, 0) is 23.6 Å². The molecule has 1 heterocycles. The summed E-state index contributed by atoms with van der Waals surface area (Å²) < 4.78 is 28.6. The molecular formula is C17H24N4O4S. The number of aromatic nitrogens is 2. The Morgan fingerprint density at radius 2 is 2.12 bits per heavy atom. The number of amides is 1. The zero-order chi connectivity index (χ0) is 19.3. The van der Waals surface area contributed by atoms with Crippen molar-refractivity contribution in [1.29, 1.82) is 0 Å². The highest BCUT2D eigenvalue weighted by atomic mass is 32.2. The number of carbonyl (C=O) groups is 1. The third kappa shape index (κ3) is 4.90. The van der Waals surface area contributed by atoms with Gasteiger partial charge in [-0.2, -0.15) is 5.10 Å². The van der Waals surface area contributed by atoms with E-state index in [2.05, 4.69) is 15.1 Å². The van der Waals surface area contributed by atoms with E-state index in [1.54, 1.807) is 23.9 Å². The molecule has 0 saturated carbocycles. The van der Waals surface area contributed by atoms with E-state index in [1.165, 1.54) is 18.2 Å². The summed E-state index contributed by atoms with van der Waals surface area (Å²) in [6.45, 7) is 3.89. The first-order valence-electron chi connectivity index (χ1n) is 8.28. The van der Waals surface area contributed by atoms with Gasteiger partial charge in [0.25, 0.3) is 5.91 Å². The molecule has 142 valence electrons. The van der Waals surface area contributed by atoms with Gasteiger partial charge in [0.1, 0.15) is 0 Å². The number of nitrogens with zero attached hydrogens (tertiary/aromatic N) is 2. The van der Waals surface area contributed by atoms with E-state index in [4.69, 9.17) is 0 Å². The monoisotopic (exact) mass is 380 g/mol. The van der Waals surface area contributed by atoms with Crippen LogP contribution in [-0.4, -0.2) is 41.9 Å². The quantitative estimate of drug-likeness (QED) is 0.624. The number of benzene rings is 1. The molecule has 1 aromatic heterocycles. The van der Waals surface area contributed by atoms with Gasteiger partial charge in [0.15, 0.2) is 0 Å². The van der Waals surface area contributed by atoms with Crippen molar-refractivity contribution in [3.8, 4) is 0 Å². The number of aliphatic hydroxyl groups excluding tert-OH is 1. The minimum absolute atomic E-state index is 0.0222. The molecule has 1 aromatic carbocycles. The van der Waals surface area contributed by atoms with Crippen molar-refractivity contribution in [1.82, 2.24) is 19.8 Å². The third-order valence-electron chi connectivity index (χ3n) is 4.16. The van der Waals surface area contributed by atoms with Gasteiger partial charge in [-0.05, 0) is 31.5 Å². The summed E-state index contributed by atoms with van der Waals surface area (Å²) in [5, 5.41) is 16.4. The molecule has 2 aromatic rings. The van der Waals surface area contributed by atoms with Crippen LogP contribution in [0.1, 0.15) is 35.0 Å². The number of aliphatic hydroxyl groups is 1. The van der Waals surface area contributed by atoms with Gasteiger partial charge in [-0.25, -0.2) is 13.1 Å². The van der Waals surface area contributed by atoms with Crippen LogP contribution in [0, 0.1) is 6.92 Å². The standard InChI is InChI=1S/C17H24N4O4S/c1-4-15(22)11-20-26(24,25)16-7-5-6-13(8-16)17(23)18-9-14-10-19-21(3)12(14)2/h5-8,10,15,20,22H,4,9,11H2,1-3H3,(H,18,23)/t15-/m0/s1. The van der Waals surface area contributed by atoms with E-state index in [-0.39, 0.29) is 22.9 Å². The highest BCUT2D eigenvalue weighted by Crippen LogP contribution is 2.12. The molecule has 0 aliphatic heterocycles. The summed E-state index contributed by atoms with van der Waals surface area (Å²) in [7, 11) is -1.98. The summed E-state index contributed by atoms with van der Waals surface area (Å²) in [5.41, 5.74) is 2.07. The van der Waals surface area contributed by atoms with Crippen LogP contribution in [0.2, 0.25) is 0 Å². The van der Waals surface area contributed by atoms with E-state index in [0.717, 1.165) is 11.3 Å². The van der Waals surface area contributed by atoms with Gasteiger partial charge in [0.05, 0.1) is 17.2 Å². The zero-order valence-electron chi connectivity index (χ0n) is 15.1. The van der Waals surface area contributed by atoms with Gasteiger partial charge in [-0.3, -0.25) is 9.48 Å². The van der Waals surface area contributed by atoms with Gasteiger partial charge in [0.2, 0.25) is 10.0 Å². The summed E-state index contributed by atoms with van der Waals surface area (Å²) in [6.07, 6.45) is 1.37. The van der Waals surface area contributed by atoms with E-state index in [9.17, 15) is 18.3 Å². The maximum Gasteiger partial charge on any atom is 0.251 e. The number of aryl methyl sites for hydroxylation is 1. The van der Waals surface area contributed by atoms with Crippen LogP contribution in [0.25, 0.3) is 0 Å². The molecule has 0 bridgehead atoms. The molecule has 1 amide bonds. The van der Waals surface area contributed by atoms with Crippen LogP contribution in [0.15, 0.2) is 35.4 Å². The maximum absolute atomic E-state index is 12.3. The molecule has 0 spiro atoms. The Balaban J connectivity index is 2.07. The zero-order valence-corrected chi connectivity index (χ0v) is 15.9. The maximum atomic E-state index is 12.3. The normalized spacial score (nSPS) is 12.8. The van der Waals surface area contributed by atoms with Gasteiger partial charge in [-0.1, -0.05) is 13.0 Å². The second-order valence-electron chi connectivity index (χ2n) is 6.00. The van der Waals surface area contributed by atoms with E-state index in [1.807, 2.05) is 14.0 Å². The Bertz CT molecular complexity index is 877. The highest BCUT2D eigenvalue weighted by Gasteiger charge is 2.17. The first-order valence-corrected chi connectivity index (χ1v) is 9.76. The van der Waals surface area contributed by atoms with Crippen molar-refractivity contribution in [2.24, 2.45) is 7.05 Å². The second-order valence-corrected chi connectivity index (χ2v) is 7.77. The fourth-order valence-corrected chi connectivity index (χ4v) is 3.35. The van der Waals surface area contributed by atoms with E-state index >= 15 is 0 Å². The molecule has 0 aliphatic carbocycles. The van der Waals surface area contributed by atoms with Crippen molar-refractivity contribution >= 4 is 15.9 Å². The number of hydrogen-bond acceptors (Lipinski definition) is 5. The molecule has 0 radical (unpaired) electrons. The molecule has 26 heavy (non-hydrogen) atoms. The molecule has 1 atom stereocenters. The highest BCUT2D eigenvalue weighted by molar-refractivity contribution is 7.89. The third-order valence-corrected chi connectivity index (χ3v) is 5.58. The Morgan fingerprint density at radius 3 is 2.73 bits per heavy atom. The van der Waals surface area contributed by atoms with Crippen LogP contribution in [0.3, 0.4) is 0 Å².